The molecule has 6 N–H and O–H groups in total. The number of aromatic nitrogens is 1. The SMILES string of the molecule is O.O=P(O)(O)Cc1ccc(O)c2[nH+]cccc12.[Cl-]. The van der Waals surface area contributed by atoms with Crippen molar-refractivity contribution in [2.45, 2.75) is 6.16 Å². The number of phenolic OH excluding ortho intramolecular Hbond substituents is 1. The third-order valence-electron chi connectivity index (χ3n) is 2.28. The van der Waals surface area contributed by atoms with Gasteiger partial charge in [0.25, 0.3) is 5.52 Å². The molecular formula is C10H13ClNO5P. The first-order valence-corrected chi connectivity index (χ1v) is 6.43. The van der Waals surface area contributed by atoms with Crippen molar-refractivity contribution in [3.8, 4) is 5.75 Å². The molecule has 1 aromatic carbocycles. The number of phenols is 1. The van der Waals surface area contributed by atoms with Gasteiger partial charge >= 0.3 is 7.60 Å². The number of aromatic hydroxyl groups is 1. The van der Waals surface area contributed by atoms with E-state index in [-0.39, 0.29) is 29.8 Å². The summed E-state index contributed by atoms with van der Waals surface area (Å²) in [7, 11) is -4.10. The number of fused-ring (bicyclic) bond motifs is 1. The predicted octanol–water partition coefficient (Wildman–Crippen LogP) is -2.78. The van der Waals surface area contributed by atoms with Crippen molar-refractivity contribution in [3.05, 3.63) is 36.0 Å². The molecule has 0 saturated heterocycles. The highest BCUT2D eigenvalue weighted by atomic mass is 35.5. The predicted molar refractivity (Wildman–Crippen MR) is 61.5 cm³/mol. The normalized spacial score (nSPS) is 10.6. The maximum atomic E-state index is 11.0. The van der Waals surface area contributed by atoms with Gasteiger partial charge in [-0.2, -0.15) is 0 Å². The van der Waals surface area contributed by atoms with Gasteiger partial charge in [0.15, 0.2) is 11.9 Å². The van der Waals surface area contributed by atoms with Gasteiger partial charge in [0.2, 0.25) is 0 Å². The summed E-state index contributed by atoms with van der Waals surface area (Å²) in [5.41, 5.74) is 0.992. The second kappa shape index (κ2) is 6.13. The number of rotatable bonds is 2. The molecule has 0 saturated carbocycles. The first-order chi connectivity index (χ1) is 7.47. The Morgan fingerprint density at radius 3 is 2.50 bits per heavy atom. The number of hydrogen-bond acceptors (Lipinski definition) is 2. The fourth-order valence-electron chi connectivity index (χ4n) is 1.63. The fraction of sp³-hybridized carbons (Fsp3) is 0.100. The third kappa shape index (κ3) is 3.66. The van der Waals surface area contributed by atoms with Crippen LogP contribution in [0.4, 0.5) is 0 Å². The molecule has 0 unspecified atom stereocenters. The molecule has 0 aliphatic rings. The van der Waals surface area contributed by atoms with Crippen molar-refractivity contribution in [2.75, 3.05) is 0 Å². The van der Waals surface area contributed by atoms with Crippen LogP contribution in [0.2, 0.25) is 0 Å². The van der Waals surface area contributed by atoms with E-state index in [1.807, 2.05) is 0 Å². The smallest absolute Gasteiger partial charge is 0.329 e. The van der Waals surface area contributed by atoms with Crippen LogP contribution in [-0.2, 0) is 10.7 Å². The first kappa shape index (κ1) is 16.8. The zero-order valence-corrected chi connectivity index (χ0v) is 10.8. The summed E-state index contributed by atoms with van der Waals surface area (Å²) < 4.78 is 11.0. The summed E-state index contributed by atoms with van der Waals surface area (Å²) in [6, 6.07) is 6.36. The molecule has 0 aliphatic carbocycles. The molecule has 0 aliphatic heterocycles. The van der Waals surface area contributed by atoms with Crippen LogP contribution in [0, 0.1) is 0 Å². The van der Waals surface area contributed by atoms with Gasteiger partial charge in [-0.1, -0.05) is 6.07 Å². The lowest BCUT2D eigenvalue weighted by molar-refractivity contribution is -0.345. The molecule has 1 heterocycles. The van der Waals surface area contributed by atoms with Gasteiger partial charge in [-0.25, -0.2) is 4.98 Å². The number of H-pyrrole nitrogens is 1. The van der Waals surface area contributed by atoms with Crippen molar-refractivity contribution in [2.24, 2.45) is 0 Å². The lowest BCUT2D eigenvalue weighted by Gasteiger charge is -2.06. The van der Waals surface area contributed by atoms with Crippen LogP contribution in [-0.4, -0.2) is 20.4 Å². The van der Waals surface area contributed by atoms with Crippen molar-refractivity contribution in [3.63, 3.8) is 0 Å². The van der Waals surface area contributed by atoms with Crippen LogP contribution >= 0.6 is 7.60 Å². The number of benzene rings is 1. The zero-order valence-electron chi connectivity index (χ0n) is 9.17. The molecule has 1 aromatic heterocycles. The second-order valence-corrected chi connectivity index (χ2v) is 5.17. The highest BCUT2D eigenvalue weighted by molar-refractivity contribution is 7.50. The number of hydrogen-bond donors (Lipinski definition) is 3. The molecular weight excluding hydrogens is 281 g/mol. The summed E-state index contributed by atoms with van der Waals surface area (Å²) in [6.07, 6.45) is 1.31. The molecule has 6 nitrogen and oxygen atoms in total. The van der Waals surface area contributed by atoms with E-state index < -0.39 is 7.60 Å². The average molecular weight is 294 g/mol. The maximum Gasteiger partial charge on any atom is 0.329 e. The third-order valence-corrected chi connectivity index (χ3v) is 3.03. The Balaban J connectivity index is 0.00000144. The van der Waals surface area contributed by atoms with Gasteiger partial charge in [-0.15, -0.1) is 0 Å². The summed E-state index contributed by atoms with van der Waals surface area (Å²) in [6.45, 7) is 0. The molecule has 0 amide bonds. The molecule has 2 aromatic rings. The van der Waals surface area contributed by atoms with Crippen molar-refractivity contribution in [1.82, 2.24) is 0 Å². The van der Waals surface area contributed by atoms with Crippen molar-refractivity contribution >= 4 is 18.5 Å². The van der Waals surface area contributed by atoms with Gasteiger partial charge in [-0.05, 0) is 17.7 Å². The molecule has 0 bridgehead atoms. The molecule has 0 fully saturated rings. The summed E-state index contributed by atoms with van der Waals surface area (Å²) in [4.78, 5) is 20.7. The Hall–Kier alpha value is -1.17. The second-order valence-electron chi connectivity index (χ2n) is 3.53. The van der Waals surface area contributed by atoms with E-state index >= 15 is 0 Å². The number of aromatic amines is 1. The van der Waals surface area contributed by atoms with E-state index in [0.717, 1.165) is 0 Å². The standard InChI is InChI=1S/C10H10NO4P.ClH.H2O/c12-9-4-3-7(6-16(13,14)15)8-2-1-5-11-10(8)9;;/h1-5,12H,6H2,(H2,13,14,15);1H;1H2. The lowest BCUT2D eigenvalue weighted by Crippen LogP contribution is -3.00. The molecule has 8 heteroatoms. The number of halogens is 1. The molecule has 18 heavy (non-hydrogen) atoms. The van der Waals surface area contributed by atoms with Crippen LogP contribution in [0.1, 0.15) is 5.56 Å². The minimum atomic E-state index is -4.10. The van der Waals surface area contributed by atoms with E-state index in [2.05, 4.69) is 4.98 Å². The van der Waals surface area contributed by atoms with Gasteiger partial charge in [0, 0.05) is 6.07 Å². The Bertz CT molecular complexity index is 585. The Morgan fingerprint density at radius 2 is 1.89 bits per heavy atom. The molecule has 100 valence electrons. The van der Waals surface area contributed by atoms with Gasteiger partial charge < -0.3 is 32.8 Å². The molecule has 0 radical (unpaired) electrons. The Labute approximate surface area is 109 Å². The van der Waals surface area contributed by atoms with E-state index in [1.54, 1.807) is 18.3 Å². The lowest BCUT2D eigenvalue weighted by atomic mass is 10.1. The van der Waals surface area contributed by atoms with Crippen LogP contribution < -0.4 is 17.4 Å². The molecule has 2 rings (SSSR count). The number of pyridine rings is 1. The van der Waals surface area contributed by atoms with Crippen molar-refractivity contribution < 1.29 is 42.3 Å². The van der Waals surface area contributed by atoms with Crippen LogP contribution in [0.25, 0.3) is 10.9 Å². The highest BCUT2D eigenvalue weighted by Gasteiger charge is 2.18. The van der Waals surface area contributed by atoms with Gasteiger partial charge in [0.05, 0.1) is 11.5 Å². The van der Waals surface area contributed by atoms with Crippen LogP contribution in [0.15, 0.2) is 30.5 Å². The van der Waals surface area contributed by atoms with Gasteiger partial charge in [-0.3, -0.25) is 4.57 Å². The first-order valence-electron chi connectivity index (χ1n) is 4.63. The minimum Gasteiger partial charge on any atom is -1.00 e. The minimum absolute atomic E-state index is 0. The molecule has 0 atom stereocenters. The Kier molecular flexibility index (Phi) is 5.73. The molecule has 0 spiro atoms. The van der Waals surface area contributed by atoms with E-state index in [4.69, 9.17) is 9.79 Å². The van der Waals surface area contributed by atoms with Gasteiger partial charge in [0.1, 0.15) is 0 Å². The topological polar surface area (TPSA) is 123 Å². The van der Waals surface area contributed by atoms with E-state index in [1.165, 1.54) is 12.1 Å². The van der Waals surface area contributed by atoms with Crippen LogP contribution in [0.5, 0.6) is 5.75 Å². The van der Waals surface area contributed by atoms with E-state index in [0.29, 0.717) is 16.5 Å². The quantitative estimate of drug-likeness (QED) is 0.518. The fourth-order valence-corrected chi connectivity index (χ4v) is 2.35. The number of nitrogens with one attached hydrogen (secondary N) is 1. The largest absolute Gasteiger partial charge is 1.00 e. The van der Waals surface area contributed by atoms with Crippen molar-refractivity contribution in [1.29, 1.82) is 0 Å². The average Bonchev–Trinajstić information content (AvgIpc) is 2.21. The van der Waals surface area contributed by atoms with Crippen LogP contribution in [0.3, 0.4) is 0 Å². The summed E-state index contributed by atoms with van der Waals surface area (Å²) >= 11 is 0. The maximum absolute atomic E-state index is 11.0. The van der Waals surface area contributed by atoms with E-state index in [9.17, 15) is 9.67 Å². The highest BCUT2D eigenvalue weighted by Crippen LogP contribution is 2.41. The Morgan fingerprint density at radius 1 is 1.22 bits per heavy atom. The zero-order chi connectivity index (χ0) is 11.8. The summed E-state index contributed by atoms with van der Waals surface area (Å²) in [5.74, 6) is 0.0602. The summed E-state index contributed by atoms with van der Waals surface area (Å²) in [5, 5.41) is 10.2. The monoisotopic (exact) mass is 293 g/mol.